The second kappa shape index (κ2) is 4.57. The van der Waals surface area contributed by atoms with E-state index in [0.717, 1.165) is 31.6 Å². The summed E-state index contributed by atoms with van der Waals surface area (Å²) in [5.41, 5.74) is 3.22. The molecule has 0 radical (unpaired) electrons. The maximum atomic E-state index is 12.6. The summed E-state index contributed by atoms with van der Waals surface area (Å²) in [6, 6.07) is 5.95. The third-order valence-electron chi connectivity index (χ3n) is 5.04. The minimum absolute atomic E-state index is 0.112. The molecule has 4 nitrogen and oxygen atoms in total. The molecule has 2 aliphatic heterocycles. The lowest BCUT2D eigenvalue weighted by Gasteiger charge is -2.34. The van der Waals surface area contributed by atoms with Crippen LogP contribution in [-0.4, -0.2) is 41.7 Å². The summed E-state index contributed by atoms with van der Waals surface area (Å²) in [4.78, 5) is 14.5. The van der Waals surface area contributed by atoms with E-state index >= 15 is 0 Å². The van der Waals surface area contributed by atoms with Crippen molar-refractivity contribution >= 4 is 5.91 Å². The van der Waals surface area contributed by atoms with Gasteiger partial charge < -0.3 is 14.7 Å². The number of hydrogen-bond donors (Lipinski definition) is 1. The fraction of sp³-hybridized carbons (Fsp3) is 0.562. The third-order valence-corrected chi connectivity index (χ3v) is 5.04. The highest BCUT2D eigenvalue weighted by Crippen LogP contribution is 2.41. The number of carbonyl (C=O) groups excluding carboxylic acids is 1. The van der Waals surface area contributed by atoms with Crippen LogP contribution >= 0.6 is 0 Å². The zero-order valence-electron chi connectivity index (χ0n) is 11.4. The standard InChI is InChI=1S/C16H19NO3/c18-15-6-13-7-17(8-14(13)15)16(19)11-1-2-12-9-20-4-3-10(12)5-11/h1-2,5,13-15,18H,3-4,6-9H2. The maximum Gasteiger partial charge on any atom is 0.253 e. The topological polar surface area (TPSA) is 49.8 Å². The molecule has 20 heavy (non-hydrogen) atoms. The second-order valence-corrected chi connectivity index (χ2v) is 6.22. The first-order valence-corrected chi connectivity index (χ1v) is 7.39. The van der Waals surface area contributed by atoms with Gasteiger partial charge in [0.1, 0.15) is 0 Å². The van der Waals surface area contributed by atoms with Gasteiger partial charge in [-0.05, 0) is 42.0 Å². The fourth-order valence-electron chi connectivity index (χ4n) is 3.72. The Bertz CT molecular complexity index is 557. The summed E-state index contributed by atoms with van der Waals surface area (Å²) in [5, 5.41) is 9.69. The van der Waals surface area contributed by atoms with E-state index in [1.807, 2.05) is 23.1 Å². The molecule has 0 spiro atoms. The predicted molar refractivity (Wildman–Crippen MR) is 73.3 cm³/mol. The Morgan fingerprint density at radius 1 is 1.30 bits per heavy atom. The summed E-state index contributed by atoms with van der Waals surface area (Å²) in [7, 11) is 0. The molecule has 1 aliphatic carbocycles. The molecule has 3 unspecified atom stereocenters. The number of nitrogens with zero attached hydrogens (tertiary/aromatic N) is 1. The highest BCUT2D eigenvalue weighted by Gasteiger charge is 2.47. The zero-order chi connectivity index (χ0) is 13.7. The van der Waals surface area contributed by atoms with Gasteiger partial charge >= 0.3 is 0 Å². The molecule has 2 fully saturated rings. The number of benzene rings is 1. The summed E-state index contributed by atoms with van der Waals surface area (Å²) >= 11 is 0. The summed E-state index contributed by atoms with van der Waals surface area (Å²) in [6.07, 6.45) is 1.55. The Kier molecular flexibility index (Phi) is 2.82. The third kappa shape index (κ3) is 1.86. The van der Waals surface area contributed by atoms with E-state index in [0.29, 0.717) is 25.0 Å². The Hall–Kier alpha value is -1.39. The Balaban J connectivity index is 1.54. The number of carbonyl (C=O) groups is 1. The largest absolute Gasteiger partial charge is 0.393 e. The molecule has 4 rings (SSSR count). The maximum absolute atomic E-state index is 12.6. The van der Waals surface area contributed by atoms with Gasteiger partial charge in [-0.3, -0.25) is 4.79 Å². The summed E-state index contributed by atoms with van der Waals surface area (Å²) < 4.78 is 5.42. The quantitative estimate of drug-likeness (QED) is 0.837. The van der Waals surface area contributed by atoms with Crippen LogP contribution in [0.4, 0.5) is 0 Å². The molecule has 3 aliphatic rings. The second-order valence-electron chi connectivity index (χ2n) is 6.22. The van der Waals surface area contributed by atoms with E-state index in [9.17, 15) is 9.90 Å². The van der Waals surface area contributed by atoms with Crippen molar-refractivity contribution in [3.8, 4) is 0 Å². The van der Waals surface area contributed by atoms with Crippen molar-refractivity contribution in [3.63, 3.8) is 0 Å². The molecular weight excluding hydrogens is 254 g/mol. The van der Waals surface area contributed by atoms with Crippen LogP contribution < -0.4 is 0 Å². The normalized spacial score (nSPS) is 31.4. The van der Waals surface area contributed by atoms with Gasteiger partial charge in [0.15, 0.2) is 0 Å². The Morgan fingerprint density at radius 3 is 3.00 bits per heavy atom. The van der Waals surface area contributed by atoms with Gasteiger partial charge in [0.05, 0.1) is 19.3 Å². The van der Waals surface area contributed by atoms with Crippen LogP contribution in [0.2, 0.25) is 0 Å². The van der Waals surface area contributed by atoms with E-state index in [2.05, 4.69) is 0 Å². The first-order valence-electron chi connectivity index (χ1n) is 7.39. The van der Waals surface area contributed by atoms with Crippen LogP contribution in [0.15, 0.2) is 18.2 Å². The molecule has 0 bridgehead atoms. The number of ether oxygens (including phenoxy) is 1. The van der Waals surface area contributed by atoms with E-state index in [-0.39, 0.29) is 12.0 Å². The van der Waals surface area contributed by atoms with E-state index < -0.39 is 0 Å². The molecular formula is C16H19NO3. The molecule has 3 atom stereocenters. The number of aliphatic hydroxyl groups excluding tert-OH is 1. The van der Waals surface area contributed by atoms with Crippen molar-refractivity contribution in [1.29, 1.82) is 0 Å². The van der Waals surface area contributed by atoms with Crippen molar-refractivity contribution in [2.45, 2.75) is 25.6 Å². The molecule has 1 aromatic carbocycles. The van der Waals surface area contributed by atoms with Crippen LogP contribution in [0.1, 0.15) is 27.9 Å². The van der Waals surface area contributed by atoms with E-state index in [1.165, 1.54) is 11.1 Å². The van der Waals surface area contributed by atoms with Crippen LogP contribution in [0, 0.1) is 11.8 Å². The van der Waals surface area contributed by atoms with Gasteiger partial charge in [-0.15, -0.1) is 0 Å². The smallest absolute Gasteiger partial charge is 0.253 e. The molecule has 1 saturated heterocycles. The van der Waals surface area contributed by atoms with Gasteiger partial charge in [-0.1, -0.05) is 6.07 Å². The zero-order valence-corrected chi connectivity index (χ0v) is 11.4. The summed E-state index contributed by atoms with van der Waals surface area (Å²) in [6.45, 7) is 2.92. The number of amides is 1. The van der Waals surface area contributed by atoms with Crippen molar-refractivity contribution < 1.29 is 14.6 Å². The van der Waals surface area contributed by atoms with Gasteiger partial charge in [-0.2, -0.15) is 0 Å². The van der Waals surface area contributed by atoms with Crippen molar-refractivity contribution in [3.05, 3.63) is 34.9 Å². The number of fused-ring (bicyclic) bond motifs is 2. The SMILES string of the molecule is O=C(c1ccc2c(c1)CCOC2)N1CC2CC(O)C2C1. The van der Waals surface area contributed by atoms with Crippen LogP contribution in [0.3, 0.4) is 0 Å². The Labute approximate surface area is 118 Å². The molecule has 1 amide bonds. The highest BCUT2D eigenvalue weighted by atomic mass is 16.5. The Morgan fingerprint density at radius 2 is 2.20 bits per heavy atom. The molecule has 106 valence electrons. The van der Waals surface area contributed by atoms with Crippen LogP contribution in [-0.2, 0) is 17.8 Å². The van der Waals surface area contributed by atoms with Crippen LogP contribution in [0.5, 0.6) is 0 Å². The molecule has 1 aromatic rings. The van der Waals surface area contributed by atoms with Crippen molar-refractivity contribution in [2.24, 2.45) is 11.8 Å². The molecule has 1 N–H and O–H groups in total. The average molecular weight is 273 g/mol. The number of likely N-dealkylation sites (tertiary alicyclic amines) is 1. The lowest BCUT2D eigenvalue weighted by Crippen LogP contribution is -2.39. The summed E-state index contributed by atoms with van der Waals surface area (Å²) in [5.74, 6) is 0.936. The molecule has 1 saturated carbocycles. The number of hydrogen-bond acceptors (Lipinski definition) is 3. The first kappa shape index (κ1) is 12.4. The average Bonchev–Trinajstić information content (AvgIpc) is 2.83. The predicted octanol–water partition coefficient (Wildman–Crippen LogP) is 1.21. The van der Waals surface area contributed by atoms with Gasteiger partial charge in [0, 0.05) is 24.6 Å². The molecule has 4 heteroatoms. The number of rotatable bonds is 1. The van der Waals surface area contributed by atoms with Gasteiger partial charge in [0.25, 0.3) is 5.91 Å². The highest BCUT2D eigenvalue weighted by molar-refractivity contribution is 5.94. The minimum Gasteiger partial charge on any atom is -0.393 e. The van der Waals surface area contributed by atoms with E-state index in [1.54, 1.807) is 0 Å². The monoisotopic (exact) mass is 273 g/mol. The van der Waals surface area contributed by atoms with Gasteiger partial charge in [-0.25, -0.2) is 0 Å². The van der Waals surface area contributed by atoms with Crippen molar-refractivity contribution in [2.75, 3.05) is 19.7 Å². The first-order chi connectivity index (χ1) is 9.72. The van der Waals surface area contributed by atoms with Crippen molar-refractivity contribution in [1.82, 2.24) is 4.90 Å². The van der Waals surface area contributed by atoms with Crippen LogP contribution in [0.25, 0.3) is 0 Å². The lowest BCUT2D eigenvalue weighted by molar-refractivity contribution is -0.00427. The minimum atomic E-state index is -0.196. The lowest BCUT2D eigenvalue weighted by atomic mass is 9.74. The molecule has 2 heterocycles. The molecule has 0 aromatic heterocycles. The van der Waals surface area contributed by atoms with E-state index in [4.69, 9.17) is 4.74 Å². The van der Waals surface area contributed by atoms with Gasteiger partial charge in [0.2, 0.25) is 0 Å². The fourth-order valence-corrected chi connectivity index (χ4v) is 3.72. The number of aliphatic hydroxyl groups is 1.